The van der Waals surface area contributed by atoms with Gasteiger partial charge in [0, 0.05) is 43.1 Å². The molecule has 1 saturated heterocycles. The third-order valence-corrected chi connectivity index (χ3v) is 5.73. The average molecular weight is 487 g/mol. The number of hydrogen-bond donors (Lipinski definition) is 2. The monoisotopic (exact) mass is 486 g/mol. The van der Waals surface area contributed by atoms with E-state index < -0.39 is 22.7 Å². The number of non-ortho nitro benzene ring substituents is 1. The smallest absolute Gasteiger partial charge is 0.408 e. The number of thiazole rings is 1. The molecule has 0 spiro atoms. The number of nitriles is 1. The molecule has 2 atom stereocenters. The van der Waals surface area contributed by atoms with Crippen LogP contribution in [0.3, 0.4) is 0 Å². The Morgan fingerprint density at radius 2 is 2.21 bits per heavy atom. The molecular formula is C22H26N6O5S. The summed E-state index contributed by atoms with van der Waals surface area (Å²) in [5.74, 6) is -0.366. The highest BCUT2D eigenvalue weighted by molar-refractivity contribution is 7.07. The van der Waals surface area contributed by atoms with Gasteiger partial charge in [0.25, 0.3) is 5.69 Å². The zero-order valence-electron chi connectivity index (χ0n) is 19.1. The maximum absolute atomic E-state index is 13.1. The van der Waals surface area contributed by atoms with Gasteiger partial charge in [-0.2, -0.15) is 5.26 Å². The molecule has 0 bridgehead atoms. The van der Waals surface area contributed by atoms with Crippen LogP contribution < -0.4 is 15.5 Å². The molecule has 2 aromatic rings. The number of aromatic nitrogens is 1. The summed E-state index contributed by atoms with van der Waals surface area (Å²) >= 11 is 1.40. The molecule has 11 nitrogen and oxygen atoms in total. The topological polar surface area (TPSA) is 150 Å². The van der Waals surface area contributed by atoms with Gasteiger partial charge in [0.05, 0.1) is 27.4 Å². The molecule has 1 aromatic carbocycles. The number of amides is 2. The summed E-state index contributed by atoms with van der Waals surface area (Å²) in [6, 6.07) is 5.06. The summed E-state index contributed by atoms with van der Waals surface area (Å²) in [6.07, 6.45) is 0.135. The molecule has 1 aliphatic heterocycles. The van der Waals surface area contributed by atoms with Crippen LogP contribution in [0.5, 0.6) is 0 Å². The van der Waals surface area contributed by atoms with Crippen molar-refractivity contribution in [2.45, 2.75) is 51.3 Å². The van der Waals surface area contributed by atoms with E-state index in [-0.39, 0.29) is 29.6 Å². The first kappa shape index (κ1) is 24.9. The largest absolute Gasteiger partial charge is 0.444 e. The highest BCUT2D eigenvalue weighted by atomic mass is 32.1. The van der Waals surface area contributed by atoms with Gasteiger partial charge in [0.15, 0.2) is 0 Å². The van der Waals surface area contributed by atoms with Crippen molar-refractivity contribution in [2.24, 2.45) is 0 Å². The van der Waals surface area contributed by atoms with Crippen molar-refractivity contribution >= 4 is 34.7 Å². The molecule has 0 aliphatic carbocycles. The number of nitro benzene ring substituents is 1. The average Bonchev–Trinajstić information content (AvgIpc) is 3.43. The van der Waals surface area contributed by atoms with Gasteiger partial charge in [0.1, 0.15) is 17.7 Å². The number of rotatable bonds is 7. The lowest BCUT2D eigenvalue weighted by molar-refractivity contribution is -0.384. The molecule has 1 aromatic heterocycles. The number of nitro groups is 1. The summed E-state index contributed by atoms with van der Waals surface area (Å²) in [7, 11) is 0. The first-order valence-electron chi connectivity index (χ1n) is 10.7. The number of carbonyl (C=O) groups excluding carboxylic acids is 2. The maximum atomic E-state index is 13.1. The van der Waals surface area contributed by atoms with Crippen LogP contribution in [0, 0.1) is 21.4 Å². The molecule has 1 fully saturated rings. The molecule has 0 unspecified atom stereocenters. The fraction of sp³-hybridized carbons (Fsp3) is 0.455. The molecule has 3 rings (SSSR count). The second kappa shape index (κ2) is 10.5. The molecule has 0 saturated carbocycles. The number of hydrogen-bond acceptors (Lipinski definition) is 9. The van der Waals surface area contributed by atoms with Crippen LogP contribution in [0.2, 0.25) is 0 Å². The van der Waals surface area contributed by atoms with E-state index in [4.69, 9.17) is 4.74 Å². The van der Waals surface area contributed by atoms with Crippen molar-refractivity contribution in [3.8, 4) is 6.07 Å². The van der Waals surface area contributed by atoms with Gasteiger partial charge in [-0.15, -0.1) is 11.3 Å². The first-order chi connectivity index (χ1) is 16.1. The van der Waals surface area contributed by atoms with Crippen molar-refractivity contribution in [3.05, 3.63) is 50.5 Å². The van der Waals surface area contributed by atoms with Crippen LogP contribution in [0.1, 0.15) is 38.4 Å². The molecule has 2 heterocycles. The van der Waals surface area contributed by atoms with E-state index in [2.05, 4.69) is 15.6 Å². The van der Waals surface area contributed by atoms with Gasteiger partial charge in [-0.1, -0.05) is 0 Å². The normalized spacial score (nSPS) is 16.4. The molecule has 12 heteroatoms. The fourth-order valence-electron chi connectivity index (χ4n) is 3.61. The van der Waals surface area contributed by atoms with Crippen molar-refractivity contribution in [1.29, 1.82) is 5.26 Å². The number of nitrogens with one attached hydrogen (secondary N) is 2. The van der Waals surface area contributed by atoms with Crippen molar-refractivity contribution in [3.63, 3.8) is 0 Å². The van der Waals surface area contributed by atoms with E-state index in [1.165, 1.54) is 23.5 Å². The lowest BCUT2D eigenvalue weighted by atomic mass is 10.1. The number of anilines is 1. The Kier molecular flexibility index (Phi) is 7.68. The summed E-state index contributed by atoms with van der Waals surface area (Å²) in [5, 5.41) is 27.8. The zero-order chi connectivity index (χ0) is 24.9. The Bertz CT molecular complexity index is 1090. The maximum Gasteiger partial charge on any atom is 0.408 e. The number of carbonyl (C=O) groups is 2. The van der Waals surface area contributed by atoms with E-state index in [0.29, 0.717) is 30.9 Å². The summed E-state index contributed by atoms with van der Waals surface area (Å²) in [5.41, 5.74) is 2.26. The van der Waals surface area contributed by atoms with E-state index in [1.54, 1.807) is 32.3 Å². The zero-order valence-corrected chi connectivity index (χ0v) is 19.9. The number of nitrogens with zero attached hydrogens (tertiary/aromatic N) is 4. The van der Waals surface area contributed by atoms with Gasteiger partial charge >= 0.3 is 6.09 Å². The Hall–Kier alpha value is -3.72. The minimum atomic E-state index is -0.875. The van der Waals surface area contributed by atoms with E-state index in [0.717, 1.165) is 0 Å². The Balaban J connectivity index is 1.67. The van der Waals surface area contributed by atoms with Crippen LogP contribution in [-0.2, 0) is 16.0 Å². The van der Waals surface area contributed by atoms with Crippen LogP contribution in [0.15, 0.2) is 29.1 Å². The highest BCUT2D eigenvalue weighted by Crippen LogP contribution is 2.28. The Morgan fingerprint density at radius 1 is 1.44 bits per heavy atom. The number of alkyl carbamates (subject to hydrolysis) is 1. The molecule has 0 radical (unpaired) electrons. The summed E-state index contributed by atoms with van der Waals surface area (Å²) in [6.45, 7) is 6.20. The van der Waals surface area contributed by atoms with Gasteiger partial charge < -0.3 is 20.3 Å². The van der Waals surface area contributed by atoms with Crippen molar-refractivity contribution in [1.82, 2.24) is 15.6 Å². The minimum Gasteiger partial charge on any atom is -0.444 e. The lowest BCUT2D eigenvalue weighted by Gasteiger charge is -2.24. The van der Waals surface area contributed by atoms with Gasteiger partial charge in [-0.3, -0.25) is 14.9 Å². The second-order valence-electron chi connectivity index (χ2n) is 8.89. The number of benzene rings is 1. The van der Waals surface area contributed by atoms with Gasteiger partial charge in [0.2, 0.25) is 5.91 Å². The quantitative estimate of drug-likeness (QED) is 0.448. The number of ether oxygens (including phenoxy) is 1. The highest BCUT2D eigenvalue weighted by Gasteiger charge is 2.30. The summed E-state index contributed by atoms with van der Waals surface area (Å²) < 4.78 is 5.30. The Labute approximate surface area is 200 Å². The molecule has 2 N–H and O–H groups in total. The molecule has 1 aliphatic rings. The predicted octanol–water partition coefficient (Wildman–Crippen LogP) is 2.75. The standard InChI is InChI=1S/C22H26N6O5S/c1-22(2,3)33-21(30)26-18(9-16-12-34-13-24-16)20(29)25-15-6-7-27(11-15)19-5-4-17(28(31)32)8-14(19)10-23/h4-5,8,12-13,15,18H,6-7,9,11H2,1-3H3,(H,25,29)(H,26,30)/t15-,18-/m0/s1. The first-order valence-corrected chi connectivity index (χ1v) is 11.6. The van der Waals surface area contributed by atoms with Crippen molar-refractivity contribution in [2.75, 3.05) is 18.0 Å². The fourth-order valence-corrected chi connectivity index (χ4v) is 4.18. The Morgan fingerprint density at radius 3 is 2.82 bits per heavy atom. The molecule has 34 heavy (non-hydrogen) atoms. The SMILES string of the molecule is CC(C)(C)OC(=O)N[C@@H](Cc1cscn1)C(=O)N[C@H]1CCN(c2ccc([N+](=O)[O-])cc2C#N)C1. The minimum absolute atomic E-state index is 0.151. The van der Waals surface area contributed by atoms with E-state index >= 15 is 0 Å². The summed E-state index contributed by atoms with van der Waals surface area (Å²) in [4.78, 5) is 41.9. The van der Waals surface area contributed by atoms with Crippen LogP contribution >= 0.6 is 11.3 Å². The lowest BCUT2D eigenvalue weighted by Crippen LogP contribution is -2.52. The van der Waals surface area contributed by atoms with Crippen LogP contribution in [0.25, 0.3) is 0 Å². The molecule has 180 valence electrons. The van der Waals surface area contributed by atoms with Gasteiger partial charge in [-0.05, 0) is 33.3 Å². The third-order valence-electron chi connectivity index (χ3n) is 5.09. The van der Waals surface area contributed by atoms with E-state index in [9.17, 15) is 25.0 Å². The predicted molar refractivity (Wildman–Crippen MR) is 126 cm³/mol. The van der Waals surface area contributed by atoms with Gasteiger partial charge in [-0.25, -0.2) is 9.78 Å². The van der Waals surface area contributed by atoms with E-state index in [1.807, 2.05) is 16.3 Å². The third kappa shape index (κ3) is 6.64. The van der Waals surface area contributed by atoms with Crippen molar-refractivity contribution < 1.29 is 19.2 Å². The second-order valence-corrected chi connectivity index (χ2v) is 9.61. The van der Waals surface area contributed by atoms with Crippen LogP contribution in [0.4, 0.5) is 16.2 Å². The molecular weight excluding hydrogens is 460 g/mol. The van der Waals surface area contributed by atoms with Crippen LogP contribution in [-0.4, -0.2) is 52.7 Å². The molecule has 2 amide bonds.